The lowest BCUT2D eigenvalue weighted by Crippen LogP contribution is -2.22. The van der Waals surface area contributed by atoms with E-state index in [9.17, 15) is 13.2 Å². The van der Waals surface area contributed by atoms with Crippen molar-refractivity contribution in [1.82, 2.24) is 10.3 Å². The number of rotatable bonds is 6. The van der Waals surface area contributed by atoms with Gasteiger partial charge in [0.2, 0.25) is 0 Å². The SMILES string of the molecule is Cc1ccsc1CNCCNc1ccc(C(F)(F)F)cn1. The molecule has 7 heteroatoms. The van der Waals surface area contributed by atoms with Gasteiger partial charge >= 0.3 is 6.18 Å². The van der Waals surface area contributed by atoms with Gasteiger partial charge in [0, 0.05) is 30.7 Å². The highest BCUT2D eigenvalue weighted by Crippen LogP contribution is 2.28. The maximum absolute atomic E-state index is 12.4. The summed E-state index contributed by atoms with van der Waals surface area (Å²) >= 11 is 1.71. The Bertz CT molecular complexity index is 564. The summed E-state index contributed by atoms with van der Waals surface area (Å²) in [6.07, 6.45) is -3.50. The molecule has 0 unspecified atom stereocenters. The molecule has 0 radical (unpaired) electrons. The lowest BCUT2D eigenvalue weighted by molar-refractivity contribution is -0.137. The first kappa shape index (κ1) is 15.8. The molecule has 0 aliphatic carbocycles. The molecular weight excluding hydrogens is 299 g/mol. The van der Waals surface area contributed by atoms with Crippen LogP contribution < -0.4 is 10.6 Å². The third-order valence-corrected chi connectivity index (χ3v) is 3.98. The minimum atomic E-state index is -4.34. The second-order valence-electron chi connectivity index (χ2n) is 4.56. The van der Waals surface area contributed by atoms with Crippen molar-refractivity contribution >= 4 is 17.2 Å². The van der Waals surface area contributed by atoms with Crippen LogP contribution in [0.2, 0.25) is 0 Å². The van der Waals surface area contributed by atoms with Gasteiger partial charge in [-0.05, 0) is 36.1 Å². The number of nitrogens with zero attached hydrogens (tertiary/aromatic N) is 1. The highest BCUT2D eigenvalue weighted by molar-refractivity contribution is 7.10. The van der Waals surface area contributed by atoms with Crippen molar-refractivity contribution < 1.29 is 13.2 Å². The van der Waals surface area contributed by atoms with Gasteiger partial charge in [0.1, 0.15) is 5.82 Å². The minimum absolute atomic E-state index is 0.442. The molecule has 0 saturated heterocycles. The Morgan fingerprint density at radius 1 is 1.19 bits per heavy atom. The number of aryl methyl sites for hydroxylation is 1. The average molecular weight is 315 g/mol. The molecule has 0 saturated carbocycles. The van der Waals surface area contributed by atoms with Crippen molar-refractivity contribution in [2.24, 2.45) is 0 Å². The van der Waals surface area contributed by atoms with Crippen LogP contribution in [0.1, 0.15) is 16.0 Å². The van der Waals surface area contributed by atoms with Crippen molar-refractivity contribution in [2.75, 3.05) is 18.4 Å². The Balaban J connectivity index is 1.70. The molecule has 0 spiro atoms. The van der Waals surface area contributed by atoms with Crippen LogP contribution in [0.3, 0.4) is 0 Å². The van der Waals surface area contributed by atoms with Gasteiger partial charge in [-0.1, -0.05) is 0 Å². The Morgan fingerprint density at radius 2 is 2.00 bits per heavy atom. The molecule has 0 amide bonds. The fourth-order valence-corrected chi connectivity index (χ4v) is 2.61. The molecule has 114 valence electrons. The third-order valence-electron chi connectivity index (χ3n) is 2.95. The van der Waals surface area contributed by atoms with Gasteiger partial charge in [0.15, 0.2) is 0 Å². The Hall–Kier alpha value is -1.60. The Kier molecular flexibility index (Phi) is 5.19. The lowest BCUT2D eigenvalue weighted by atomic mass is 10.3. The van der Waals surface area contributed by atoms with Gasteiger partial charge < -0.3 is 10.6 Å². The molecule has 0 aliphatic heterocycles. The van der Waals surface area contributed by atoms with Crippen LogP contribution >= 0.6 is 11.3 Å². The Labute approximate surface area is 125 Å². The fraction of sp³-hybridized carbons (Fsp3) is 0.357. The van der Waals surface area contributed by atoms with Crippen molar-refractivity contribution in [2.45, 2.75) is 19.6 Å². The summed E-state index contributed by atoms with van der Waals surface area (Å²) in [6.45, 7) is 4.17. The fourth-order valence-electron chi connectivity index (χ4n) is 1.73. The molecule has 0 fully saturated rings. The molecule has 21 heavy (non-hydrogen) atoms. The van der Waals surface area contributed by atoms with Crippen molar-refractivity contribution in [1.29, 1.82) is 0 Å². The molecule has 0 aliphatic rings. The molecule has 3 nitrogen and oxygen atoms in total. The van der Waals surface area contributed by atoms with Crippen LogP contribution in [-0.2, 0) is 12.7 Å². The quantitative estimate of drug-likeness (QED) is 0.799. The molecule has 0 bridgehead atoms. The molecule has 0 atom stereocenters. The number of hydrogen-bond donors (Lipinski definition) is 2. The summed E-state index contributed by atoms with van der Waals surface area (Å²) in [4.78, 5) is 5.04. The summed E-state index contributed by atoms with van der Waals surface area (Å²) in [5.74, 6) is 0.442. The highest BCUT2D eigenvalue weighted by Gasteiger charge is 2.30. The van der Waals surface area contributed by atoms with E-state index in [2.05, 4.69) is 34.0 Å². The highest BCUT2D eigenvalue weighted by atomic mass is 32.1. The van der Waals surface area contributed by atoms with Crippen molar-refractivity contribution in [3.63, 3.8) is 0 Å². The van der Waals surface area contributed by atoms with Gasteiger partial charge in [0.05, 0.1) is 5.56 Å². The summed E-state index contributed by atoms with van der Waals surface area (Å²) in [6, 6.07) is 4.44. The normalized spacial score (nSPS) is 11.6. The van der Waals surface area contributed by atoms with E-state index in [1.54, 1.807) is 11.3 Å². The van der Waals surface area contributed by atoms with Crippen LogP contribution in [0.25, 0.3) is 0 Å². The number of pyridine rings is 1. The van der Waals surface area contributed by atoms with Gasteiger partial charge in [-0.3, -0.25) is 0 Å². The summed E-state index contributed by atoms with van der Waals surface area (Å²) in [5, 5.41) is 8.31. The summed E-state index contributed by atoms with van der Waals surface area (Å²) in [5.41, 5.74) is 0.532. The number of alkyl halides is 3. The van der Waals surface area contributed by atoms with E-state index in [0.29, 0.717) is 18.9 Å². The first-order valence-electron chi connectivity index (χ1n) is 6.47. The third kappa shape index (κ3) is 4.71. The number of hydrogen-bond acceptors (Lipinski definition) is 4. The van der Waals surface area contributed by atoms with Gasteiger partial charge in [0.25, 0.3) is 0 Å². The zero-order valence-corrected chi connectivity index (χ0v) is 12.3. The minimum Gasteiger partial charge on any atom is -0.369 e. The molecule has 0 aromatic carbocycles. The standard InChI is InChI=1S/C14H16F3N3S/c1-10-4-7-21-12(10)9-18-5-6-19-13-3-2-11(8-20-13)14(15,16)17/h2-4,7-8,18H,5-6,9H2,1H3,(H,19,20). The number of nitrogens with one attached hydrogen (secondary N) is 2. The Morgan fingerprint density at radius 3 is 2.57 bits per heavy atom. The van der Waals surface area contributed by atoms with Crippen molar-refractivity contribution in [3.05, 3.63) is 45.8 Å². The van der Waals surface area contributed by atoms with E-state index in [1.165, 1.54) is 16.5 Å². The largest absolute Gasteiger partial charge is 0.417 e. The zero-order valence-electron chi connectivity index (χ0n) is 11.5. The van der Waals surface area contributed by atoms with Crippen LogP contribution in [0.5, 0.6) is 0 Å². The maximum atomic E-state index is 12.4. The van der Waals surface area contributed by atoms with Crippen LogP contribution in [0, 0.1) is 6.92 Å². The predicted molar refractivity (Wildman–Crippen MR) is 78.5 cm³/mol. The zero-order chi connectivity index (χ0) is 15.3. The first-order valence-corrected chi connectivity index (χ1v) is 7.35. The molecular formula is C14H16F3N3S. The van der Waals surface area contributed by atoms with E-state index < -0.39 is 11.7 Å². The van der Waals surface area contributed by atoms with E-state index in [1.807, 2.05) is 0 Å². The second-order valence-corrected chi connectivity index (χ2v) is 5.56. The van der Waals surface area contributed by atoms with Crippen LogP contribution in [-0.4, -0.2) is 18.1 Å². The number of anilines is 1. The average Bonchev–Trinajstić information content (AvgIpc) is 2.84. The molecule has 2 aromatic rings. The number of aromatic nitrogens is 1. The van der Waals surface area contributed by atoms with Gasteiger partial charge in [-0.2, -0.15) is 13.2 Å². The molecule has 2 aromatic heterocycles. The predicted octanol–water partition coefficient (Wildman–Crippen LogP) is 3.67. The summed E-state index contributed by atoms with van der Waals surface area (Å²) in [7, 11) is 0. The first-order chi connectivity index (χ1) is 9.97. The van der Waals surface area contributed by atoms with E-state index in [4.69, 9.17) is 0 Å². The maximum Gasteiger partial charge on any atom is 0.417 e. The van der Waals surface area contributed by atoms with Crippen molar-refractivity contribution in [3.8, 4) is 0 Å². The lowest BCUT2D eigenvalue weighted by Gasteiger charge is -2.09. The molecule has 2 N–H and O–H groups in total. The number of thiophene rings is 1. The smallest absolute Gasteiger partial charge is 0.369 e. The topological polar surface area (TPSA) is 37.0 Å². The molecule has 2 heterocycles. The summed E-state index contributed by atoms with van der Waals surface area (Å²) < 4.78 is 37.1. The number of halogens is 3. The van der Waals surface area contributed by atoms with Gasteiger partial charge in [-0.15, -0.1) is 11.3 Å². The van der Waals surface area contributed by atoms with E-state index >= 15 is 0 Å². The monoisotopic (exact) mass is 315 g/mol. The van der Waals surface area contributed by atoms with E-state index in [0.717, 1.165) is 18.8 Å². The van der Waals surface area contributed by atoms with Crippen LogP contribution in [0.4, 0.5) is 19.0 Å². The van der Waals surface area contributed by atoms with Gasteiger partial charge in [-0.25, -0.2) is 4.98 Å². The van der Waals surface area contributed by atoms with E-state index in [-0.39, 0.29) is 0 Å². The van der Waals surface area contributed by atoms with Crippen LogP contribution in [0.15, 0.2) is 29.8 Å². The second kappa shape index (κ2) is 6.91. The molecule has 2 rings (SSSR count).